The number of nitrogens with one attached hydrogen (secondary N) is 1. The zero-order valence-electron chi connectivity index (χ0n) is 16.3. The van der Waals surface area contributed by atoms with Gasteiger partial charge in [-0.15, -0.1) is 0 Å². The topological polar surface area (TPSA) is 98.5 Å². The van der Waals surface area contributed by atoms with Crippen molar-refractivity contribution in [3.8, 4) is 0 Å². The number of hydrogen-bond donors (Lipinski definition) is 1. The average Bonchev–Trinajstić information content (AvgIpc) is 2.65. The quantitative estimate of drug-likeness (QED) is 0.471. The molecule has 0 radical (unpaired) electrons. The normalized spacial score (nSPS) is 19.4. The summed E-state index contributed by atoms with van der Waals surface area (Å²) in [6.45, 7) is 5.92. The Morgan fingerprint density at radius 3 is 2.79 bits per heavy atom. The fraction of sp³-hybridized carbons (Fsp3) is 0.429. The van der Waals surface area contributed by atoms with Gasteiger partial charge in [0.05, 0.1) is 17.1 Å². The lowest BCUT2D eigenvalue weighted by Gasteiger charge is -2.34. The lowest BCUT2D eigenvalue weighted by Crippen LogP contribution is -2.34. The molecule has 0 saturated heterocycles. The predicted molar refractivity (Wildman–Crippen MR) is 103 cm³/mol. The van der Waals surface area contributed by atoms with Gasteiger partial charge in [0, 0.05) is 41.4 Å². The summed E-state index contributed by atoms with van der Waals surface area (Å²) in [5.41, 5.74) is 2.76. The van der Waals surface area contributed by atoms with Gasteiger partial charge >= 0.3 is 5.97 Å². The van der Waals surface area contributed by atoms with Crippen LogP contribution in [0.5, 0.6) is 0 Å². The van der Waals surface area contributed by atoms with Crippen molar-refractivity contribution in [2.45, 2.75) is 46.0 Å². The third-order valence-corrected chi connectivity index (χ3v) is 4.96. The highest BCUT2D eigenvalue weighted by Crippen LogP contribution is 2.43. The van der Waals surface area contributed by atoms with E-state index in [-0.39, 0.29) is 24.0 Å². The zero-order chi connectivity index (χ0) is 20.4. The van der Waals surface area contributed by atoms with E-state index in [0.29, 0.717) is 35.2 Å². The molecule has 0 amide bonds. The highest BCUT2D eigenvalue weighted by molar-refractivity contribution is 6.03. The van der Waals surface area contributed by atoms with Crippen molar-refractivity contribution in [3.63, 3.8) is 0 Å². The van der Waals surface area contributed by atoms with Gasteiger partial charge < -0.3 is 10.1 Å². The molecule has 1 N–H and O–H groups in total. The summed E-state index contributed by atoms with van der Waals surface area (Å²) in [7, 11) is 0. The largest absolute Gasteiger partial charge is 0.462 e. The van der Waals surface area contributed by atoms with Crippen LogP contribution in [-0.2, 0) is 14.3 Å². The third-order valence-electron chi connectivity index (χ3n) is 4.96. The maximum atomic E-state index is 12.9. The molecule has 28 heavy (non-hydrogen) atoms. The van der Waals surface area contributed by atoms with E-state index in [1.807, 2.05) is 13.8 Å². The molecule has 0 saturated carbocycles. The van der Waals surface area contributed by atoms with Crippen LogP contribution in [0.15, 0.2) is 46.8 Å². The number of nitro groups is 1. The Kier molecular flexibility index (Phi) is 5.63. The smallest absolute Gasteiger partial charge is 0.336 e. The van der Waals surface area contributed by atoms with Crippen molar-refractivity contribution in [1.82, 2.24) is 5.32 Å². The fourth-order valence-electron chi connectivity index (χ4n) is 3.73. The van der Waals surface area contributed by atoms with Crippen LogP contribution >= 0.6 is 0 Å². The van der Waals surface area contributed by atoms with Crippen LogP contribution < -0.4 is 5.32 Å². The Labute approximate surface area is 163 Å². The van der Waals surface area contributed by atoms with Gasteiger partial charge in [-0.3, -0.25) is 14.9 Å². The number of rotatable bonds is 5. The maximum Gasteiger partial charge on any atom is 0.336 e. The molecule has 1 aliphatic carbocycles. The molecule has 0 aromatic heterocycles. The second kappa shape index (κ2) is 7.96. The number of ether oxygens (including phenoxy) is 1. The number of hydrogen-bond acceptors (Lipinski definition) is 6. The third kappa shape index (κ3) is 3.83. The van der Waals surface area contributed by atoms with Gasteiger partial charge in [0.2, 0.25) is 0 Å². The molecular formula is C21H24N2O5. The van der Waals surface area contributed by atoms with Crippen LogP contribution in [0.3, 0.4) is 0 Å². The van der Waals surface area contributed by atoms with E-state index < -0.39 is 16.8 Å². The van der Waals surface area contributed by atoms with Crippen LogP contribution in [0.25, 0.3) is 0 Å². The molecule has 7 nitrogen and oxygen atoms in total. The molecular weight excluding hydrogens is 360 g/mol. The summed E-state index contributed by atoms with van der Waals surface area (Å²) in [6.07, 6.45) is 1.85. The van der Waals surface area contributed by atoms with Crippen LogP contribution in [-0.4, -0.2) is 23.3 Å². The molecule has 0 spiro atoms. The van der Waals surface area contributed by atoms with Gasteiger partial charge in [-0.25, -0.2) is 4.79 Å². The van der Waals surface area contributed by atoms with Gasteiger partial charge in [-0.05, 0) is 31.2 Å². The summed E-state index contributed by atoms with van der Waals surface area (Å²) in [4.78, 5) is 36.4. The van der Waals surface area contributed by atoms with Gasteiger partial charge in [0.15, 0.2) is 5.78 Å². The van der Waals surface area contributed by atoms with Crippen molar-refractivity contribution >= 4 is 17.4 Å². The number of benzene rings is 1. The number of carbonyl (C=O) groups excluding carboxylic acids is 2. The molecule has 0 bridgehead atoms. The molecule has 1 aromatic carbocycles. The Bertz CT molecular complexity index is 898. The van der Waals surface area contributed by atoms with Crippen molar-refractivity contribution < 1.29 is 19.2 Å². The molecule has 0 fully saturated rings. The summed E-state index contributed by atoms with van der Waals surface area (Å²) in [6, 6.07) is 6.13. The van der Waals surface area contributed by atoms with E-state index in [1.165, 1.54) is 12.1 Å². The fourth-order valence-corrected chi connectivity index (χ4v) is 3.73. The molecule has 3 rings (SSSR count). The molecule has 1 heterocycles. The number of non-ortho nitro benzene ring substituents is 1. The number of nitro benzene ring substituents is 1. The van der Waals surface area contributed by atoms with E-state index in [2.05, 4.69) is 5.32 Å². The molecule has 148 valence electrons. The Hall–Kier alpha value is -2.96. The number of ketones is 1. The molecule has 7 heteroatoms. The van der Waals surface area contributed by atoms with Crippen LogP contribution in [0, 0.1) is 16.0 Å². The predicted octanol–water partition coefficient (Wildman–Crippen LogP) is 3.76. The first kappa shape index (κ1) is 19.8. The molecule has 2 aliphatic rings. The molecule has 1 unspecified atom stereocenters. The van der Waals surface area contributed by atoms with Crippen molar-refractivity contribution in [2.24, 2.45) is 5.92 Å². The van der Waals surface area contributed by atoms with Gasteiger partial charge in [0.1, 0.15) is 0 Å². The van der Waals surface area contributed by atoms with Crippen LogP contribution in [0.4, 0.5) is 5.69 Å². The van der Waals surface area contributed by atoms with E-state index >= 15 is 0 Å². The summed E-state index contributed by atoms with van der Waals surface area (Å²) < 4.78 is 5.45. The highest BCUT2D eigenvalue weighted by atomic mass is 16.6. The standard InChI is InChI=1S/C21H24N2O5/c1-12(2)11-28-21(25)18-13(3)22-16-8-5-9-17(24)20(16)19(18)14-6-4-7-15(10-14)23(26)27/h4,6-7,10,12,19,22H,5,8-9,11H2,1-3H3. The first-order chi connectivity index (χ1) is 13.3. The first-order valence-electron chi connectivity index (χ1n) is 9.45. The van der Waals surface area contributed by atoms with Gasteiger partial charge in [-0.2, -0.15) is 0 Å². The number of dihydropyridines is 1. The minimum Gasteiger partial charge on any atom is -0.462 e. The van der Waals surface area contributed by atoms with E-state index in [4.69, 9.17) is 4.74 Å². The second-order valence-corrected chi connectivity index (χ2v) is 7.61. The lowest BCUT2D eigenvalue weighted by atomic mass is 9.75. The Morgan fingerprint density at radius 2 is 2.11 bits per heavy atom. The summed E-state index contributed by atoms with van der Waals surface area (Å²) in [5.74, 6) is -1.03. The van der Waals surface area contributed by atoms with E-state index in [1.54, 1.807) is 19.1 Å². The Morgan fingerprint density at radius 1 is 1.36 bits per heavy atom. The molecule has 1 aromatic rings. The molecule has 1 aliphatic heterocycles. The van der Waals surface area contributed by atoms with E-state index in [0.717, 1.165) is 12.1 Å². The SMILES string of the molecule is CC1=C(C(=O)OCC(C)C)C(c2cccc([N+](=O)[O-])c2)C2=C(CCCC2=O)N1. The number of Topliss-reactive ketones (excluding diaryl/α,β-unsaturated/α-hetero) is 1. The monoisotopic (exact) mass is 384 g/mol. The minimum absolute atomic E-state index is 0.0353. The number of esters is 1. The summed E-state index contributed by atoms with van der Waals surface area (Å²) >= 11 is 0. The first-order valence-corrected chi connectivity index (χ1v) is 9.45. The number of nitrogens with zero attached hydrogens (tertiary/aromatic N) is 1. The van der Waals surface area contributed by atoms with Crippen LogP contribution in [0.1, 0.15) is 51.5 Å². The lowest BCUT2D eigenvalue weighted by molar-refractivity contribution is -0.384. The van der Waals surface area contributed by atoms with Gasteiger partial charge in [-0.1, -0.05) is 26.0 Å². The van der Waals surface area contributed by atoms with Gasteiger partial charge in [0.25, 0.3) is 5.69 Å². The zero-order valence-corrected chi connectivity index (χ0v) is 16.3. The van der Waals surface area contributed by atoms with Crippen molar-refractivity contribution in [1.29, 1.82) is 0 Å². The number of carbonyl (C=O) groups is 2. The van der Waals surface area contributed by atoms with Crippen molar-refractivity contribution in [2.75, 3.05) is 6.61 Å². The second-order valence-electron chi connectivity index (χ2n) is 7.61. The molecule has 1 atom stereocenters. The summed E-state index contributed by atoms with van der Waals surface area (Å²) in [5, 5.41) is 14.5. The minimum atomic E-state index is -0.663. The Balaban J connectivity index is 2.12. The maximum absolute atomic E-state index is 12.9. The number of allylic oxidation sites excluding steroid dienone is 3. The average molecular weight is 384 g/mol. The van der Waals surface area contributed by atoms with Crippen LogP contribution in [0.2, 0.25) is 0 Å². The van der Waals surface area contributed by atoms with Crippen molar-refractivity contribution in [3.05, 3.63) is 62.5 Å². The van der Waals surface area contributed by atoms with E-state index in [9.17, 15) is 19.7 Å². The highest BCUT2D eigenvalue weighted by Gasteiger charge is 2.39.